The summed E-state index contributed by atoms with van der Waals surface area (Å²) in [6.45, 7) is 7.42. The Balaban J connectivity index is 2.21. The summed E-state index contributed by atoms with van der Waals surface area (Å²) in [5, 5.41) is 0. The lowest BCUT2D eigenvalue weighted by atomic mass is 9.83. The topological polar surface area (TPSA) is 72.6 Å². The summed E-state index contributed by atoms with van der Waals surface area (Å²) in [7, 11) is 0. The Hall–Kier alpha value is -1.36. The van der Waals surface area contributed by atoms with E-state index in [9.17, 15) is 9.59 Å². The molecule has 0 aromatic carbocycles. The number of fused-ring (bicyclic) bond motifs is 1. The fourth-order valence-corrected chi connectivity index (χ4v) is 2.41. The van der Waals surface area contributed by atoms with E-state index in [4.69, 9.17) is 10.5 Å². The zero-order valence-electron chi connectivity index (χ0n) is 11.3. The van der Waals surface area contributed by atoms with Crippen LogP contribution in [0.25, 0.3) is 0 Å². The second-order valence-corrected chi connectivity index (χ2v) is 6.07. The number of allylic oxidation sites excluding steroid dienone is 1. The molecule has 2 aliphatic rings. The van der Waals surface area contributed by atoms with Crippen molar-refractivity contribution in [2.24, 2.45) is 11.7 Å². The average Bonchev–Trinajstić information content (AvgIpc) is 2.24. The number of carbonyl (C=O) groups is 2. The standard InChI is InChI=1S/C13H20N2O3/c1-7-5-8-10(14)11(16)15(8)9(6-7)12(17)18-13(2,3)4/h6-8,10H,5,14H2,1-4H3/t7-,8+,10-/m1/s1. The van der Waals surface area contributed by atoms with E-state index in [0.717, 1.165) is 6.42 Å². The molecule has 2 rings (SSSR count). The van der Waals surface area contributed by atoms with Gasteiger partial charge in [-0.1, -0.05) is 13.0 Å². The molecule has 2 N–H and O–H groups in total. The van der Waals surface area contributed by atoms with Gasteiger partial charge in [0.2, 0.25) is 5.91 Å². The van der Waals surface area contributed by atoms with E-state index >= 15 is 0 Å². The lowest BCUT2D eigenvalue weighted by Crippen LogP contribution is -2.70. The van der Waals surface area contributed by atoms with Crippen molar-refractivity contribution in [2.45, 2.75) is 51.8 Å². The quantitative estimate of drug-likeness (QED) is 0.553. The Kier molecular flexibility index (Phi) is 2.97. The minimum absolute atomic E-state index is 0.0555. The SMILES string of the molecule is C[C@H]1C=C(C(=O)OC(C)(C)C)N2C(=O)[C@H](N)[C@@H]2C1. The van der Waals surface area contributed by atoms with Crippen LogP contribution in [0, 0.1) is 5.92 Å². The third kappa shape index (κ3) is 2.14. The molecule has 0 saturated carbocycles. The minimum atomic E-state index is -0.565. The van der Waals surface area contributed by atoms with Gasteiger partial charge in [0, 0.05) is 0 Å². The maximum absolute atomic E-state index is 12.1. The molecular weight excluding hydrogens is 232 g/mol. The summed E-state index contributed by atoms with van der Waals surface area (Å²) in [6.07, 6.45) is 2.60. The number of ether oxygens (including phenoxy) is 1. The van der Waals surface area contributed by atoms with Crippen molar-refractivity contribution in [1.29, 1.82) is 0 Å². The Morgan fingerprint density at radius 1 is 1.50 bits per heavy atom. The monoisotopic (exact) mass is 252 g/mol. The fourth-order valence-electron chi connectivity index (χ4n) is 2.41. The number of amides is 1. The van der Waals surface area contributed by atoms with Gasteiger partial charge in [0.05, 0.1) is 6.04 Å². The van der Waals surface area contributed by atoms with E-state index in [1.165, 1.54) is 4.90 Å². The van der Waals surface area contributed by atoms with Gasteiger partial charge in [0.1, 0.15) is 17.3 Å². The molecular formula is C13H20N2O3. The van der Waals surface area contributed by atoms with Crippen LogP contribution in [0.1, 0.15) is 34.1 Å². The van der Waals surface area contributed by atoms with Crippen LogP contribution in [0.2, 0.25) is 0 Å². The Bertz CT molecular complexity index is 422. The highest BCUT2D eigenvalue weighted by Gasteiger charge is 2.51. The van der Waals surface area contributed by atoms with Crippen LogP contribution in [0.5, 0.6) is 0 Å². The third-order valence-electron chi connectivity index (χ3n) is 3.19. The highest BCUT2D eigenvalue weighted by molar-refractivity contribution is 6.00. The van der Waals surface area contributed by atoms with Crippen LogP contribution in [-0.2, 0) is 14.3 Å². The summed E-state index contributed by atoms with van der Waals surface area (Å²) in [4.78, 5) is 25.3. The van der Waals surface area contributed by atoms with Gasteiger partial charge in [0.15, 0.2) is 0 Å². The van der Waals surface area contributed by atoms with Crippen LogP contribution in [-0.4, -0.2) is 34.5 Å². The predicted octanol–water partition coefficient (Wildman–Crippen LogP) is 0.790. The maximum Gasteiger partial charge on any atom is 0.355 e. The van der Waals surface area contributed by atoms with Crippen LogP contribution < -0.4 is 5.73 Å². The van der Waals surface area contributed by atoms with Gasteiger partial charge in [-0.3, -0.25) is 9.69 Å². The maximum atomic E-state index is 12.1. The molecule has 0 radical (unpaired) electrons. The molecule has 18 heavy (non-hydrogen) atoms. The normalized spacial score (nSPS) is 31.4. The summed E-state index contributed by atoms with van der Waals surface area (Å²) in [5.74, 6) is -0.406. The van der Waals surface area contributed by atoms with Crippen molar-refractivity contribution in [3.63, 3.8) is 0 Å². The lowest BCUT2D eigenvalue weighted by Gasteiger charge is -2.49. The van der Waals surface area contributed by atoms with Gasteiger partial charge in [-0.25, -0.2) is 4.79 Å². The Labute approximate surface area is 107 Å². The van der Waals surface area contributed by atoms with Gasteiger partial charge in [-0.2, -0.15) is 0 Å². The molecule has 0 aliphatic carbocycles. The van der Waals surface area contributed by atoms with Crippen molar-refractivity contribution in [2.75, 3.05) is 0 Å². The smallest absolute Gasteiger partial charge is 0.355 e. The van der Waals surface area contributed by atoms with Crippen molar-refractivity contribution in [3.8, 4) is 0 Å². The van der Waals surface area contributed by atoms with Crippen molar-refractivity contribution < 1.29 is 14.3 Å². The number of nitrogens with two attached hydrogens (primary N) is 1. The van der Waals surface area contributed by atoms with Gasteiger partial charge in [-0.15, -0.1) is 0 Å². The summed E-state index contributed by atoms with van der Waals surface area (Å²) >= 11 is 0. The summed E-state index contributed by atoms with van der Waals surface area (Å²) in [5.41, 5.74) is 5.54. The first-order chi connectivity index (χ1) is 8.20. The van der Waals surface area contributed by atoms with E-state index in [0.29, 0.717) is 5.70 Å². The molecule has 5 nitrogen and oxygen atoms in total. The van der Waals surface area contributed by atoms with Gasteiger partial charge >= 0.3 is 5.97 Å². The molecule has 1 amide bonds. The van der Waals surface area contributed by atoms with E-state index in [-0.39, 0.29) is 17.9 Å². The lowest BCUT2D eigenvalue weighted by molar-refractivity contribution is -0.161. The van der Waals surface area contributed by atoms with Crippen LogP contribution in [0.4, 0.5) is 0 Å². The number of carbonyl (C=O) groups excluding carboxylic acids is 2. The average molecular weight is 252 g/mol. The predicted molar refractivity (Wildman–Crippen MR) is 66.3 cm³/mol. The molecule has 0 aromatic rings. The third-order valence-corrected chi connectivity index (χ3v) is 3.19. The second-order valence-electron chi connectivity index (χ2n) is 6.07. The number of β-lactam (4-membered cyclic amide) rings is 1. The number of nitrogens with zero attached hydrogens (tertiary/aromatic N) is 1. The molecule has 1 saturated heterocycles. The molecule has 3 atom stereocenters. The van der Waals surface area contributed by atoms with Crippen LogP contribution >= 0.6 is 0 Å². The summed E-state index contributed by atoms with van der Waals surface area (Å²) in [6, 6.07) is -0.529. The van der Waals surface area contributed by atoms with E-state index in [1.54, 1.807) is 26.8 Å². The van der Waals surface area contributed by atoms with Crippen molar-refractivity contribution >= 4 is 11.9 Å². The van der Waals surface area contributed by atoms with E-state index in [1.807, 2.05) is 6.92 Å². The van der Waals surface area contributed by atoms with Crippen molar-refractivity contribution in [1.82, 2.24) is 4.90 Å². The number of rotatable bonds is 1. The number of hydrogen-bond donors (Lipinski definition) is 1. The molecule has 0 aromatic heterocycles. The van der Waals surface area contributed by atoms with Gasteiger partial charge in [-0.05, 0) is 33.1 Å². The van der Waals surface area contributed by atoms with Gasteiger partial charge in [0.25, 0.3) is 0 Å². The number of esters is 1. The molecule has 2 aliphatic heterocycles. The highest BCUT2D eigenvalue weighted by Crippen LogP contribution is 2.35. The molecule has 2 heterocycles. The molecule has 0 spiro atoms. The first-order valence-corrected chi connectivity index (χ1v) is 6.24. The first-order valence-electron chi connectivity index (χ1n) is 6.24. The van der Waals surface area contributed by atoms with Gasteiger partial charge < -0.3 is 10.5 Å². The zero-order valence-corrected chi connectivity index (χ0v) is 11.3. The Morgan fingerprint density at radius 2 is 2.11 bits per heavy atom. The number of hydrogen-bond acceptors (Lipinski definition) is 4. The zero-order chi connectivity index (χ0) is 13.7. The molecule has 1 fully saturated rings. The molecule has 100 valence electrons. The highest BCUT2D eigenvalue weighted by atomic mass is 16.6. The fraction of sp³-hybridized carbons (Fsp3) is 0.692. The second kappa shape index (κ2) is 4.09. The van der Waals surface area contributed by atoms with E-state index in [2.05, 4.69) is 0 Å². The molecule has 0 bridgehead atoms. The molecule has 5 heteroatoms. The van der Waals surface area contributed by atoms with Crippen LogP contribution in [0.3, 0.4) is 0 Å². The van der Waals surface area contributed by atoms with E-state index < -0.39 is 17.6 Å². The first kappa shape index (κ1) is 13.1. The van der Waals surface area contributed by atoms with Crippen molar-refractivity contribution in [3.05, 3.63) is 11.8 Å². The van der Waals surface area contributed by atoms with Crippen LogP contribution in [0.15, 0.2) is 11.8 Å². The Morgan fingerprint density at radius 3 is 2.67 bits per heavy atom. The molecule has 0 unspecified atom stereocenters. The minimum Gasteiger partial charge on any atom is -0.455 e. The summed E-state index contributed by atoms with van der Waals surface area (Å²) < 4.78 is 5.32. The largest absolute Gasteiger partial charge is 0.455 e.